The Morgan fingerprint density at radius 1 is 0.633 bits per heavy atom. The molecule has 6 nitrogen and oxygen atoms in total. The van der Waals surface area contributed by atoms with Crippen LogP contribution in [-0.2, 0) is 31.3 Å². The smallest absolute Gasteiger partial charge is 0.128 e. The van der Waals surface area contributed by atoms with E-state index >= 15 is 0 Å². The Hall–Kier alpha value is -3.74. The fourth-order valence-electron chi connectivity index (χ4n) is 6.90. The Labute approximate surface area is 296 Å². The minimum absolute atomic E-state index is 0.524. The molecule has 49 heavy (non-hydrogen) atoms. The van der Waals surface area contributed by atoms with E-state index in [0.717, 1.165) is 73.2 Å². The van der Waals surface area contributed by atoms with Crippen LogP contribution in [0.25, 0.3) is 22.5 Å². The molecule has 0 aliphatic rings. The summed E-state index contributed by atoms with van der Waals surface area (Å²) in [5.74, 6) is 1.44. The van der Waals surface area contributed by atoms with Crippen molar-refractivity contribution in [3.63, 3.8) is 0 Å². The van der Waals surface area contributed by atoms with Gasteiger partial charge in [-0.15, -0.1) is 0 Å². The highest BCUT2D eigenvalue weighted by Gasteiger charge is 2.31. The van der Waals surface area contributed by atoms with Crippen molar-refractivity contribution in [2.75, 3.05) is 14.2 Å². The number of hydrogen-bond acceptors (Lipinski definition) is 6. The van der Waals surface area contributed by atoms with Crippen molar-refractivity contribution in [3.05, 3.63) is 94.3 Å². The maximum Gasteiger partial charge on any atom is 0.128 e. The van der Waals surface area contributed by atoms with E-state index in [2.05, 4.69) is 89.8 Å². The second-order valence-corrected chi connectivity index (χ2v) is 12.7. The lowest BCUT2D eigenvalue weighted by atomic mass is 9.85. The molecule has 0 radical (unpaired) electrons. The number of benzene rings is 2. The molecule has 0 amide bonds. The summed E-state index contributed by atoms with van der Waals surface area (Å²) >= 11 is 0. The molecular weight excluding hydrogens is 608 g/mol. The predicted molar refractivity (Wildman–Crippen MR) is 204 cm³/mol. The quantitative estimate of drug-likeness (QED) is 0.124. The molecule has 0 aliphatic heterocycles. The van der Waals surface area contributed by atoms with Crippen LogP contribution in [0.15, 0.2) is 60.9 Å². The van der Waals surface area contributed by atoms with Crippen LogP contribution in [0, 0.1) is 0 Å². The van der Waals surface area contributed by atoms with Crippen molar-refractivity contribution in [3.8, 4) is 34.0 Å². The molecule has 1 atom stereocenters. The van der Waals surface area contributed by atoms with Gasteiger partial charge in [-0.2, -0.15) is 0 Å². The zero-order valence-corrected chi connectivity index (χ0v) is 31.5. The van der Waals surface area contributed by atoms with Crippen LogP contribution in [0.5, 0.6) is 11.5 Å². The minimum atomic E-state index is -0.877. The number of hydrogen-bond donors (Lipinski definition) is 2. The molecule has 0 spiro atoms. The summed E-state index contributed by atoms with van der Waals surface area (Å²) in [6.45, 7) is 14.9. The van der Waals surface area contributed by atoms with E-state index in [4.69, 9.17) is 14.5 Å². The SMILES string of the molecule is CCCC(O)(CCC)c1cnc(-c2c(CC)cccc2CC)cc1OC.CCCC(O)c1cnc(-c2c(CC)cccc2CC)cc1OC. The van der Waals surface area contributed by atoms with Crippen LogP contribution in [0.1, 0.15) is 126 Å². The molecule has 0 saturated heterocycles. The number of nitrogens with zero attached hydrogens (tertiary/aromatic N) is 2. The van der Waals surface area contributed by atoms with Crippen molar-refractivity contribution in [1.82, 2.24) is 9.97 Å². The summed E-state index contributed by atoms with van der Waals surface area (Å²) in [5.41, 5.74) is 10.1. The number of aliphatic hydroxyl groups excluding tert-OH is 1. The van der Waals surface area contributed by atoms with Crippen molar-refractivity contribution >= 4 is 0 Å². The average Bonchev–Trinajstić information content (AvgIpc) is 3.13. The van der Waals surface area contributed by atoms with E-state index in [1.807, 2.05) is 18.3 Å². The summed E-state index contributed by atoms with van der Waals surface area (Å²) < 4.78 is 11.2. The number of methoxy groups -OCH3 is 2. The van der Waals surface area contributed by atoms with Gasteiger partial charge in [-0.1, -0.05) is 104 Å². The first-order valence-electron chi connectivity index (χ1n) is 18.4. The Morgan fingerprint density at radius 2 is 1.06 bits per heavy atom. The van der Waals surface area contributed by atoms with Gasteiger partial charge in [0.25, 0.3) is 0 Å². The third kappa shape index (κ3) is 9.49. The maximum atomic E-state index is 11.2. The average molecular weight is 669 g/mol. The number of ether oxygens (including phenoxy) is 2. The zero-order valence-electron chi connectivity index (χ0n) is 31.5. The Bertz CT molecular complexity index is 1570. The lowest BCUT2D eigenvalue weighted by Crippen LogP contribution is -2.26. The number of aromatic nitrogens is 2. The summed E-state index contributed by atoms with van der Waals surface area (Å²) in [7, 11) is 3.32. The monoisotopic (exact) mass is 668 g/mol. The van der Waals surface area contributed by atoms with E-state index < -0.39 is 11.7 Å². The van der Waals surface area contributed by atoms with E-state index in [1.165, 1.54) is 33.4 Å². The molecule has 6 heteroatoms. The van der Waals surface area contributed by atoms with Gasteiger partial charge in [0.05, 0.1) is 37.3 Å². The van der Waals surface area contributed by atoms with Gasteiger partial charge in [-0.3, -0.25) is 9.97 Å². The maximum absolute atomic E-state index is 11.2. The van der Waals surface area contributed by atoms with E-state index in [0.29, 0.717) is 25.0 Å². The molecule has 0 saturated carbocycles. The highest BCUT2D eigenvalue weighted by molar-refractivity contribution is 5.71. The van der Waals surface area contributed by atoms with Gasteiger partial charge in [-0.25, -0.2) is 0 Å². The molecular formula is C43H60N2O4. The summed E-state index contributed by atoms with van der Waals surface area (Å²) in [4.78, 5) is 9.40. The summed E-state index contributed by atoms with van der Waals surface area (Å²) in [6.07, 6.45) is 11.8. The third-order valence-corrected chi connectivity index (χ3v) is 9.46. The van der Waals surface area contributed by atoms with E-state index in [9.17, 15) is 10.2 Å². The lowest BCUT2D eigenvalue weighted by Gasteiger charge is -2.29. The molecule has 4 aromatic rings. The molecule has 2 heterocycles. The van der Waals surface area contributed by atoms with Crippen molar-refractivity contribution in [2.24, 2.45) is 0 Å². The van der Waals surface area contributed by atoms with Crippen LogP contribution in [-0.4, -0.2) is 34.4 Å². The van der Waals surface area contributed by atoms with Gasteiger partial charge in [0.15, 0.2) is 0 Å². The number of aliphatic hydroxyl groups is 2. The van der Waals surface area contributed by atoms with Gasteiger partial charge in [0.2, 0.25) is 0 Å². The standard InChI is InChI=1S/C23H33NO2.C20H27NO2/c1-6-13-23(25,14-7-2)19-16-24-20(15-21(19)26-5)22-17(8-3)11-10-12-18(22)9-4;1-5-9-18(22)16-13-21-17(12-19(16)23-4)20-14(6-2)10-8-11-15(20)7-3/h10-12,15-16,25H,6-9,13-14H2,1-5H3;8,10-13,18,22H,5-7,9H2,1-4H3. The highest BCUT2D eigenvalue weighted by atomic mass is 16.5. The molecule has 0 aliphatic carbocycles. The molecule has 4 rings (SSSR count). The predicted octanol–water partition coefficient (Wildman–Crippen LogP) is 10.4. The molecule has 2 aromatic heterocycles. The lowest BCUT2D eigenvalue weighted by molar-refractivity contribution is 0.0145. The van der Waals surface area contributed by atoms with Crippen LogP contribution in [0.2, 0.25) is 0 Å². The Balaban J connectivity index is 0.000000267. The second kappa shape index (κ2) is 19.4. The van der Waals surface area contributed by atoms with Crippen molar-refractivity contribution < 1.29 is 19.7 Å². The first kappa shape index (κ1) is 39.7. The van der Waals surface area contributed by atoms with Crippen molar-refractivity contribution in [1.29, 1.82) is 0 Å². The van der Waals surface area contributed by atoms with E-state index in [-0.39, 0.29) is 0 Å². The third-order valence-electron chi connectivity index (χ3n) is 9.46. The topological polar surface area (TPSA) is 84.7 Å². The minimum Gasteiger partial charge on any atom is -0.496 e. The summed E-state index contributed by atoms with van der Waals surface area (Å²) in [6, 6.07) is 16.8. The van der Waals surface area contributed by atoms with Gasteiger partial charge in [-0.05, 0) is 67.2 Å². The Morgan fingerprint density at radius 3 is 1.45 bits per heavy atom. The van der Waals surface area contributed by atoms with Crippen LogP contribution >= 0.6 is 0 Å². The van der Waals surface area contributed by atoms with Gasteiger partial charge >= 0.3 is 0 Å². The van der Waals surface area contributed by atoms with Gasteiger partial charge < -0.3 is 19.7 Å². The number of pyridine rings is 2. The molecule has 266 valence electrons. The summed E-state index contributed by atoms with van der Waals surface area (Å²) in [5, 5.41) is 21.5. The fourth-order valence-corrected chi connectivity index (χ4v) is 6.90. The zero-order chi connectivity index (χ0) is 36.0. The number of rotatable bonds is 16. The molecule has 2 N–H and O–H groups in total. The molecule has 0 bridgehead atoms. The van der Waals surface area contributed by atoms with Crippen LogP contribution in [0.3, 0.4) is 0 Å². The second-order valence-electron chi connectivity index (χ2n) is 12.7. The Kier molecular flexibility index (Phi) is 15.8. The highest BCUT2D eigenvalue weighted by Crippen LogP contribution is 2.40. The van der Waals surface area contributed by atoms with Crippen LogP contribution < -0.4 is 9.47 Å². The first-order chi connectivity index (χ1) is 23.7. The first-order valence-corrected chi connectivity index (χ1v) is 18.4. The molecule has 1 unspecified atom stereocenters. The molecule has 0 fully saturated rings. The molecule has 2 aromatic carbocycles. The number of aryl methyl sites for hydroxylation is 4. The normalized spacial score (nSPS) is 11.9. The van der Waals surface area contributed by atoms with E-state index in [1.54, 1.807) is 20.4 Å². The van der Waals surface area contributed by atoms with Gasteiger partial charge in [0.1, 0.15) is 11.5 Å². The van der Waals surface area contributed by atoms with Gasteiger partial charge in [0, 0.05) is 46.8 Å². The fraction of sp³-hybridized carbons (Fsp3) is 0.488. The van der Waals surface area contributed by atoms with Crippen molar-refractivity contribution in [2.45, 2.75) is 124 Å². The van der Waals surface area contributed by atoms with Crippen LogP contribution in [0.4, 0.5) is 0 Å². The largest absolute Gasteiger partial charge is 0.496 e.